The van der Waals surface area contributed by atoms with Crippen molar-refractivity contribution in [3.8, 4) is 0 Å². The number of amides is 1. The summed E-state index contributed by atoms with van der Waals surface area (Å²) in [4.78, 5) is 14.9. The quantitative estimate of drug-likeness (QED) is 0.860. The zero-order valence-electron chi connectivity index (χ0n) is 12.0. The molecule has 0 spiro atoms. The van der Waals surface area contributed by atoms with Crippen molar-refractivity contribution in [2.75, 3.05) is 0 Å². The Labute approximate surface area is 120 Å². The second-order valence-corrected chi connectivity index (χ2v) is 6.19. The maximum atomic E-state index is 12.9. The van der Waals surface area contributed by atoms with Crippen molar-refractivity contribution in [2.45, 2.75) is 63.6 Å². The van der Waals surface area contributed by atoms with Gasteiger partial charge in [0.25, 0.3) is 0 Å². The van der Waals surface area contributed by atoms with Gasteiger partial charge in [0.2, 0.25) is 5.91 Å². The van der Waals surface area contributed by atoms with Gasteiger partial charge in [-0.3, -0.25) is 4.79 Å². The summed E-state index contributed by atoms with van der Waals surface area (Å²) >= 11 is 0. The van der Waals surface area contributed by atoms with Gasteiger partial charge >= 0.3 is 0 Å². The molecule has 1 amide bonds. The lowest BCUT2D eigenvalue weighted by molar-refractivity contribution is -0.138. The van der Waals surface area contributed by atoms with Crippen LogP contribution in [0.1, 0.15) is 50.7 Å². The van der Waals surface area contributed by atoms with Crippen LogP contribution in [-0.2, 0) is 11.3 Å². The highest BCUT2D eigenvalue weighted by molar-refractivity contribution is 5.80. The van der Waals surface area contributed by atoms with Gasteiger partial charge < -0.3 is 15.1 Å². The molecule has 0 saturated heterocycles. The Morgan fingerprint density at radius 2 is 2.05 bits per heavy atom. The summed E-state index contributed by atoms with van der Waals surface area (Å²) in [6.45, 7) is 0.597. The van der Waals surface area contributed by atoms with Crippen LogP contribution < -0.4 is 5.73 Å². The van der Waals surface area contributed by atoms with Gasteiger partial charge in [0.1, 0.15) is 5.76 Å². The van der Waals surface area contributed by atoms with E-state index in [1.54, 1.807) is 6.26 Å². The standard InChI is InChI=1S/C16H24N2O2/c17-15-7-3-1-2-6-14(15)16(19)18(12-8-9-12)11-13-5-4-10-20-13/h4-5,10,12,14-15H,1-3,6-9,11,17H2. The molecule has 2 atom stereocenters. The molecule has 1 heterocycles. The van der Waals surface area contributed by atoms with Crippen molar-refractivity contribution in [1.29, 1.82) is 0 Å². The van der Waals surface area contributed by atoms with Gasteiger partial charge in [0.15, 0.2) is 0 Å². The molecule has 2 saturated carbocycles. The van der Waals surface area contributed by atoms with Crippen molar-refractivity contribution in [3.05, 3.63) is 24.2 Å². The van der Waals surface area contributed by atoms with Gasteiger partial charge in [-0.2, -0.15) is 0 Å². The predicted molar refractivity (Wildman–Crippen MR) is 76.8 cm³/mol. The summed E-state index contributed by atoms with van der Waals surface area (Å²) in [5, 5.41) is 0. The molecular weight excluding hydrogens is 252 g/mol. The van der Waals surface area contributed by atoms with Gasteiger partial charge in [0.05, 0.1) is 18.7 Å². The van der Waals surface area contributed by atoms with Gasteiger partial charge in [-0.05, 0) is 37.8 Å². The van der Waals surface area contributed by atoms with Crippen molar-refractivity contribution >= 4 is 5.91 Å². The lowest BCUT2D eigenvalue weighted by Gasteiger charge is -2.29. The Bertz CT molecular complexity index is 439. The maximum absolute atomic E-state index is 12.9. The monoisotopic (exact) mass is 276 g/mol. The predicted octanol–water partition coefficient (Wildman–Crippen LogP) is 2.68. The molecule has 0 aromatic carbocycles. The minimum Gasteiger partial charge on any atom is -0.467 e. The molecule has 3 rings (SSSR count). The van der Waals surface area contributed by atoms with Crippen molar-refractivity contribution in [2.24, 2.45) is 11.7 Å². The van der Waals surface area contributed by atoms with E-state index in [4.69, 9.17) is 10.2 Å². The summed E-state index contributed by atoms with van der Waals surface area (Å²) < 4.78 is 5.41. The third kappa shape index (κ3) is 3.06. The van der Waals surface area contributed by atoms with E-state index in [1.807, 2.05) is 17.0 Å². The van der Waals surface area contributed by atoms with Gasteiger partial charge in [0, 0.05) is 12.1 Å². The summed E-state index contributed by atoms with van der Waals surface area (Å²) in [6.07, 6.45) is 9.33. The summed E-state index contributed by atoms with van der Waals surface area (Å²) in [7, 11) is 0. The summed E-state index contributed by atoms with van der Waals surface area (Å²) in [5.41, 5.74) is 6.24. The molecule has 2 unspecified atom stereocenters. The normalized spacial score (nSPS) is 27.1. The van der Waals surface area contributed by atoms with Crippen molar-refractivity contribution in [3.63, 3.8) is 0 Å². The third-order valence-corrected chi connectivity index (χ3v) is 4.56. The molecule has 20 heavy (non-hydrogen) atoms. The largest absolute Gasteiger partial charge is 0.467 e. The average molecular weight is 276 g/mol. The van der Waals surface area contributed by atoms with E-state index in [2.05, 4.69) is 0 Å². The Hall–Kier alpha value is -1.29. The molecule has 0 bridgehead atoms. The van der Waals surface area contributed by atoms with Gasteiger partial charge in [-0.25, -0.2) is 0 Å². The lowest BCUT2D eigenvalue weighted by atomic mass is 9.94. The van der Waals surface area contributed by atoms with E-state index in [0.29, 0.717) is 12.6 Å². The van der Waals surface area contributed by atoms with Crippen LogP contribution in [0, 0.1) is 5.92 Å². The average Bonchev–Trinajstić information content (AvgIpc) is 3.19. The summed E-state index contributed by atoms with van der Waals surface area (Å²) in [6, 6.07) is 4.25. The highest BCUT2D eigenvalue weighted by Crippen LogP contribution is 2.32. The zero-order chi connectivity index (χ0) is 13.9. The highest BCUT2D eigenvalue weighted by atomic mass is 16.3. The van der Waals surface area contributed by atoms with Gasteiger partial charge in [-0.15, -0.1) is 0 Å². The number of nitrogens with two attached hydrogens (primary N) is 1. The number of furan rings is 1. The minimum atomic E-state index is 0.00747. The van der Waals surface area contributed by atoms with E-state index in [1.165, 1.54) is 6.42 Å². The molecule has 2 fully saturated rings. The molecule has 2 aliphatic rings. The molecule has 1 aromatic rings. The number of carbonyl (C=O) groups is 1. The van der Waals surface area contributed by atoms with Crippen LogP contribution in [0.5, 0.6) is 0 Å². The van der Waals surface area contributed by atoms with Crippen molar-refractivity contribution < 1.29 is 9.21 Å². The van der Waals surface area contributed by atoms with Crippen LogP contribution >= 0.6 is 0 Å². The van der Waals surface area contributed by atoms with Crippen molar-refractivity contribution in [1.82, 2.24) is 4.90 Å². The number of hydrogen-bond acceptors (Lipinski definition) is 3. The SMILES string of the molecule is NC1CCCCCC1C(=O)N(Cc1ccco1)C1CC1. The minimum absolute atomic E-state index is 0.00747. The Morgan fingerprint density at radius 1 is 1.25 bits per heavy atom. The van der Waals surface area contributed by atoms with E-state index in [0.717, 1.165) is 44.3 Å². The second kappa shape index (κ2) is 6.00. The van der Waals surface area contributed by atoms with E-state index >= 15 is 0 Å². The molecule has 2 aliphatic carbocycles. The highest BCUT2D eigenvalue weighted by Gasteiger charge is 2.38. The number of carbonyl (C=O) groups excluding carboxylic acids is 1. The molecule has 1 aromatic heterocycles. The zero-order valence-corrected chi connectivity index (χ0v) is 12.0. The first kappa shape index (κ1) is 13.7. The fourth-order valence-electron chi connectivity index (χ4n) is 3.20. The first-order valence-corrected chi connectivity index (χ1v) is 7.84. The molecular formula is C16H24N2O2. The van der Waals surface area contributed by atoms with Crippen LogP contribution in [-0.4, -0.2) is 22.9 Å². The van der Waals surface area contributed by atoms with Crippen LogP contribution in [0.15, 0.2) is 22.8 Å². The molecule has 2 N–H and O–H groups in total. The fraction of sp³-hybridized carbons (Fsp3) is 0.688. The maximum Gasteiger partial charge on any atom is 0.227 e. The number of rotatable bonds is 4. The van der Waals surface area contributed by atoms with E-state index in [9.17, 15) is 4.79 Å². The van der Waals surface area contributed by atoms with E-state index in [-0.39, 0.29) is 17.9 Å². The summed E-state index contributed by atoms with van der Waals surface area (Å²) in [5.74, 6) is 1.12. The second-order valence-electron chi connectivity index (χ2n) is 6.19. The first-order chi connectivity index (χ1) is 9.75. The Morgan fingerprint density at radius 3 is 2.75 bits per heavy atom. The molecule has 4 nitrogen and oxygen atoms in total. The Balaban J connectivity index is 1.71. The van der Waals surface area contributed by atoms with E-state index < -0.39 is 0 Å². The van der Waals surface area contributed by atoms with Crippen LogP contribution in [0.3, 0.4) is 0 Å². The molecule has 0 aliphatic heterocycles. The molecule has 110 valence electrons. The Kier molecular flexibility index (Phi) is 4.10. The number of hydrogen-bond donors (Lipinski definition) is 1. The van der Waals surface area contributed by atoms with Crippen LogP contribution in [0.25, 0.3) is 0 Å². The first-order valence-electron chi connectivity index (χ1n) is 7.84. The third-order valence-electron chi connectivity index (χ3n) is 4.56. The molecule has 0 radical (unpaired) electrons. The number of nitrogens with zero attached hydrogens (tertiary/aromatic N) is 1. The van der Waals surface area contributed by atoms with Crippen LogP contribution in [0.4, 0.5) is 0 Å². The van der Waals surface area contributed by atoms with Crippen LogP contribution in [0.2, 0.25) is 0 Å². The lowest BCUT2D eigenvalue weighted by Crippen LogP contribution is -2.44. The van der Waals surface area contributed by atoms with Gasteiger partial charge in [-0.1, -0.05) is 19.3 Å². The topological polar surface area (TPSA) is 59.5 Å². The fourth-order valence-corrected chi connectivity index (χ4v) is 3.20. The smallest absolute Gasteiger partial charge is 0.227 e. The molecule has 4 heteroatoms.